The number of nitrogens with zero attached hydrogens (tertiary/aromatic N) is 2. The van der Waals surface area contributed by atoms with Gasteiger partial charge in [0.2, 0.25) is 0 Å². The molecule has 21 heavy (non-hydrogen) atoms. The Kier molecular flexibility index (Phi) is 4.34. The third-order valence-electron chi connectivity index (χ3n) is 2.94. The van der Waals surface area contributed by atoms with Crippen LogP contribution in [0.25, 0.3) is 10.9 Å². The van der Waals surface area contributed by atoms with E-state index in [1.165, 1.54) is 11.1 Å². The maximum Gasteiger partial charge on any atom is 0.317 e. The highest BCUT2D eigenvalue weighted by Crippen LogP contribution is 2.27. The fourth-order valence-corrected chi connectivity index (χ4v) is 2.09. The molecule has 0 amide bonds. The first-order valence-corrected chi connectivity index (χ1v) is 6.19. The summed E-state index contributed by atoms with van der Waals surface area (Å²) in [6.07, 6.45) is 1.54. The average molecular weight is 290 g/mol. The topological polar surface area (TPSA) is 111 Å². The molecular weight excluding hydrogens is 276 g/mol. The molecule has 2 aromatic rings. The van der Waals surface area contributed by atoms with Crippen LogP contribution in [0.4, 0.5) is 0 Å². The number of carboxylic acids is 2. The highest BCUT2D eigenvalue weighted by Gasteiger charge is 2.16. The van der Waals surface area contributed by atoms with Crippen LogP contribution in [0.3, 0.4) is 0 Å². The van der Waals surface area contributed by atoms with Crippen molar-refractivity contribution in [2.24, 2.45) is 0 Å². The van der Waals surface area contributed by atoms with Gasteiger partial charge < -0.3 is 15.3 Å². The van der Waals surface area contributed by atoms with Crippen LogP contribution in [0.1, 0.15) is 5.56 Å². The molecule has 0 radical (unpaired) electrons. The first-order valence-electron chi connectivity index (χ1n) is 6.19. The number of carbonyl (C=O) groups is 2. The zero-order chi connectivity index (χ0) is 15.4. The van der Waals surface area contributed by atoms with Gasteiger partial charge in [-0.2, -0.15) is 0 Å². The van der Waals surface area contributed by atoms with Crippen molar-refractivity contribution in [3.63, 3.8) is 0 Å². The van der Waals surface area contributed by atoms with Gasteiger partial charge in [-0.05, 0) is 6.07 Å². The van der Waals surface area contributed by atoms with E-state index in [0.29, 0.717) is 11.1 Å². The van der Waals surface area contributed by atoms with Crippen molar-refractivity contribution in [3.05, 3.63) is 36.0 Å². The fourth-order valence-electron chi connectivity index (χ4n) is 2.09. The van der Waals surface area contributed by atoms with Crippen molar-refractivity contribution in [2.45, 2.75) is 6.54 Å². The van der Waals surface area contributed by atoms with Crippen molar-refractivity contribution in [3.8, 4) is 5.75 Å². The molecule has 0 aliphatic heterocycles. The first-order chi connectivity index (χ1) is 9.97. The summed E-state index contributed by atoms with van der Waals surface area (Å²) in [6.45, 7) is -0.838. The molecule has 110 valence electrons. The summed E-state index contributed by atoms with van der Waals surface area (Å²) >= 11 is 0. The number of aliphatic carboxylic acids is 2. The summed E-state index contributed by atoms with van der Waals surface area (Å²) in [6, 6.07) is 6.91. The Labute approximate surface area is 120 Å². The van der Waals surface area contributed by atoms with E-state index < -0.39 is 25.0 Å². The fraction of sp³-hybridized carbons (Fsp3) is 0.214. The van der Waals surface area contributed by atoms with Crippen molar-refractivity contribution in [2.75, 3.05) is 13.1 Å². The van der Waals surface area contributed by atoms with E-state index in [9.17, 15) is 14.7 Å². The van der Waals surface area contributed by atoms with Crippen molar-refractivity contribution < 1.29 is 24.9 Å². The summed E-state index contributed by atoms with van der Waals surface area (Å²) < 4.78 is 0. The van der Waals surface area contributed by atoms with Gasteiger partial charge in [-0.15, -0.1) is 0 Å². The van der Waals surface area contributed by atoms with E-state index in [4.69, 9.17) is 10.2 Å². The minimum Gasteiger partial charge on any atom is -0.505 e. The molecule has 0 unspecified atom stereocenters. The van der Waals surface area contributed by atoms with Crippen LogP contribution in [0.5, 0.6) is 5.75 Å². The molecule has 0 fully saturated rings. The Balaban J connectivity index is 2.29. The lowest BCUT2D eigenvalue weighted by atomic mass is 10.1. The predicted molar refractivity (Wildman–Crippen MR) is 74.0 cm³/mol. The lowest BCUT2D eigenvalue weighted by molar-refractivity contribution is -0.142. The van der Waals surface area contributed by atoms with E-state index in [1.807, 2.05) is 0 Å². The monoisotopic (exact) mass is 290 g/mol. The number of aromatic hydroxyl groups is 1. The van der Waals surface area contributed by atoms with Gasteiger partial charge in [0.1, 0.15) is 11.3 Å². The molecular formula is C14H14N2O5. The Bertz CT molecular complexity index is 670. The van der Waals surface area contributed by atoms with E-state index in [2.05, 4.69) is 4.98 Å². The molecule has 0 spiro atoms. The number of fused-ring (bicyclic) bond motifs is 1. The number of carboxylic acid groups (broad SMARTS) is 2. The molecule has 1 heterocycles. The van der Waals surface area contributed by atoms with Crippen LogP contribution in [-0.4, -0.2) is 50.2 Å². The largest absolute Gasteiger partial charge is 0.505 e. The van der Waals surface area contributed by atoms with Crippen LogP contribution in [0.15, 0.2) is 30.5 Å². The summed E-state index contributed by atoms with van der Waals surface area (Å²) in [5, 5.41) is 28.5. The highest BCUT2D eigenvalue weighted by molar-refractivity contribution is 5.85. The number of pyridine rings is 1. The minimum atomic E-state index is -1.13. The van der Waals surface area contributed by atoms with Gasteiger partial charge in [0.15, 0.2) is 0 Å². The van der Waals surface area contributed by atoms with E-state index >= 15 is 0 Å². The molecule has 1 aromatic heterocycles. The number of benzene rings is 1. The van der Waals surface area contributed by atoms with E-state index in [0.717, 1.165) is 5.39 Å². The summed E-state index contributed by atoms with van der Waals surface area (Å²) in [5.74, 6) is -2.32. The molecule has 1 aromatic carbocycles. The van der Waals surface area contributed by atoms with E-state index in [-0.39, 0.29) is 12.3 Å². The molecule has 7 nitrogen and oxygen atoms in total. The third-order valence-corrected chi connectivity index (χ3v) is 2.94. The number of rotatable bonds is 6. The maximum absolute atomic E-state index is 10.8. The van der Waals surface area contributed by atoms with Gasteiger partial charge >= 0.3 is 11.9 Å². The summed E-state index contributed by atoms with van der Waals surface area (Å²) in [4.78, 5) is 26.8. The molecule has 3 N–H and O–H groups in total. The van der Waals surface area contributed by atoms with Crippen molar-refractivity contribution >= 4 is 22.8 Å². The second-order valence-corrected chi connectivity index (χ2v) is 4.58. The highest BCUT2D eigenvalue weighted by atomic mass is 16.4. The van der Waals surface area contributed by atoms with Gasteiger partial charge in [-0.1, -0.05) is 18.2 Å². The molecule has 0 aliphatic rings. The molecule has 0 bridgehead atoms. The average Bonchev–Trinajstić information content (AvgIpc) is 2.41. The third kappa shape index (κ3) is 3.67. The molecule has 0 aliphatic carbocycles. The van der Waals surface area contributed by atoms with Crippen LogP contribution in [0.2, 0.25) is 0 Å². The van der Waals surface area contributed by atoms with E-state index in [1.54, 1.807) is 24.3 Å². The zero-order valence-corrected chi connectivity index (χ0v) is 11.1. The smallest absolute Gasteiger partial charge is 0.317 e. The Hall–Kier alpha value is -2.67. The van der Waals surface area contributed by atoms with Gasteiger partial charge in [-0.25, -0.2) is 0 Å². The summed E-state index contributed by atoms with van der Waals surface area (Å²) in [7, 11) is 0. The second-order valence-electron chi connectivity index (χ2n) is 4.58. The number of phenolic OH excluding ortho intramolecular Hbond substituents is 1. The zero-order valence-electron chi connectivity index (χ0n) is 11.1. The second kappa shape index (κ2) is 6.19. The first kappa shape index (κ1) is 14.7. The van der Waals surface area contributed by atoms with Crippen LogP contribution in [-0.2, 0) is 16.1 Å². The minimum absolute atomic E-state index is 0.0109. The molecule has 0 saturated carbocycles. The predicted octanol–water partition coefficient (Wildman–Crippen LogP) is 0.912. The van der Waals surface area contributed by atoms with Crippen LogP contribution in [0, 0.1) is 0 Å². The lowest BCUT2D eigenvalue weighted by Gasteiger charge is -2.19. The lowest BCUT2D eigenvalue weighted by Crippen LogP contribution is -2.34. The normalized spacial score (nSPS) is 10.9. The van der Waals surface area contributed by atoms with Gasteiger partial charge in [0, 0.05) is 23.7 Å². The Morgan fingerprint density at radius 1 is 1.10 bits per heavy atom. The van der Waals surface area contributed by atoms with Crippen molar-refractivity contribution in [1.29, 1.82) is 0 Å². The van der Waals surface area contributed by atoms with Gasteiger partial charge in [-0.3, -0.25) is 19.5 Å². The summed E-state index contributed by atoms with van der Waals surface area (Å²) in [5.41, 5.74) is 0.837. The standard InChI is InChI=1S/C14H14N2O5/c17-11(18)7-16(8-12(19)20)6-10-4-3-9-2-1-5-15-13(9)14(10)21/h1-5,21H,6-8H2,(H,17,18)(H,19,20). The molecule has 2 rings (SSSR count). The van der Waals surface area contributed by atoms with Gasteiger partial charge in [0.25, 0.3) is 0 Å². The van der Waals surface area contributed by atoms with Crippen molar-refractivity contribution in [1.82, 2.24) is 9.88 Å². The number of hydrogen-bond donors (Lipinski definition) is 3. The van der Waals surface area contributed by atoms with Crippen LogP contribution >= 0.6 is 0 Å². The number of aromatic nitrogens is 1. The Morgan fingerprint density at radius 2 is 1.76 bits per heavy atom. The molecule has 0 saturated heterocycles. The molecule has 0 atom stereocenters. The number of phenols is 1. The van der Waals surface area contributed by atoms with Gasteiger partial charge in [0.05, 0.1) is 13.1 Å². The maximum atomic E-state index is 10.8. The Morgan fingerprint density at radius 3 is 2.38 bits per heavy atom. The van der Waals surface area contributed by atoms with Crippen LogP contribution < -0.4 is 0 Å². The number of hydrogen-bond acceptors (Lipinski definition) is 5. The quantitative estimate of drug-likeness (QED) is 0.725. The SMILES string of the molecule is O=C(O)CN(CC(=O)O)Cc1ccc2cccnc2c1O. The molecule has 7 heteroatoms.